The summed E-state index contributed by atoms with van der Waals surface area (Å²) in [4.78, 5) is 24.1. The van der Waals surface area contributed by atoms with Crippen molar-refractivity contribution in [2.24, 2.45) is 0 Å². The van der Waals surface area contributed by atoms with Gasteiger partial charge in [0.05, 0.1) is 22.8 Å². The van der Waals surface area contributed by atoms with Crippen molar-refractivity contribution < 1.29 is 9.59 Å². The number of fused-ring (bicyclic) bond motifs is 1. The van der Waals surface area contributed by atoms with Gasteiger partial charge in [0.1, 0.15) is 0 Å². The molecule has 126 valence electrons. The van der Waals surface area contributed by atoms with Crippen LogP contribution >= 0.6 is 23.2 Å². The summed E-state index contributed by atoms with van der Waals surface area (Å²) >= 11 is 11.7. The zero-order valence-electron chi connectivity index (χ0n) is 12.7. The van der Waals surface area contributed by atoms with E-state index in [1.54, 1.807) is 18.3 Å². The molecule has 1 aliphatic rings. The van der Waals surface area contributed by atoms with Gasteiger partial charge >= 0.3 is 0 Å². The lowest BCUT2D eigenvalue weighted by Gasteiger charge is -2.22. The van der Waals surface area contributed by atoms with E-state index in [9.17, 15) is 9.59 Å². The fourth-order valence-electron chi connectivity index (χ4n) is 2.72. The van der Waals surface area contributed by atoms with Crippen LogP contribution in [0, 0.1) is 0 Å². The third kappa shape index (κ3) is 3.88. The number of carbonyl (C=O) groups excluding carboxylic acids is 2. The van der Waals surface area contributed by atoms with Crippen LogP contribution in [0.4, 0.5) is 0 Å². The fourth-order valence-corrected chi connectivity index (χ4v) is 3.02. The van der Waals surface area contributed by atoms with Crippen LogP contribution < -0.4 is 10.6 Å². The zero-order chi connectivity index (χ0) is 17.1. The van der Waals surface area contributed by atoms with E-state index in [0.29, 0.717) is 15.6 Å². The molecule has 24 heavy (non-hydrogen) atoms. The highest BCUT2D eigenvalue weighted by Gasteiger charge is 2.21. The largest absolute Gasteiger partial charge is 0.351 e. The molecule has 0 radical (unpaired) electrons. The first kappa shape index (κ1) is 16.8. The number of H-pyrrole nitrogens is 1. The first-order chi connectivity index (χ1) is 11.5. The average molecular weight is 367 g/mol. The van der Waals surface area contributed by atoms with Crippen LogP contribution in [0.1, 0.15) is 28.0 Å². The maximum absolute atomic E-state index is 12.0. The third-order valence-corrected chi connectivity index (χ3v) is 4.71. The number of nitrogens with one attached hydrogen (secondary N) is 3. The number of halogens is 2. The standard InChI is InChI=1S/C16H16Cl2N4O2/c17-12-3-1-9(6-13(12)18)16(24)19-8-15(23)21-11-2-4-14-10(5-11)7-20-22-14/h1,3,6-7,11H,2,4-5,8H2,(H,19,24)(H,20,22)(H,21,23). The number of hydrogen-bond acceptors (Lipinski definition) is 3. The van der Waals surface area contributed by atoms with E-state index in [4.69, 9.17) is 23.2 Å². The Kier molecular flexibility index (Phi) is 5.06. The number of rotatable bonds is 4. The van der Waals surface area contributed by atoms with Crippen molar-refractivity contribution >= 4 is 35.0 Å². The van der Waals surface area contributed by atoms with Gasteiger partial charge in [0, 0.05) is 17.3 Å². The zero-order valence-corrected chi connectivity index (χ0v) is 14.2. The van der Waals surface area contributed by atoms with Crippen molar-refractivity contribution in [1.29, 1.82) is 0 Å². The Morgan fingerprint density at radius 3 is 2.92 bits per heavy atom. The quantitative estimate of drug-likeness (QED) is 0.774. The molecular weight excluding hydrogens is 351 g/mol. The van der Waals surface area contributed by atoms with Crippen LogP contribution in [0.15, 0.2) is 24.4 Å². The monoisotopic (exact) mass is 366 g/mol. The van der Waals surface area contributed by atoms with E-state index < -0.39 is 0 Å². The predicted molar refractivity (Wildman–Crippen MR) is 91.3 cm³/mol. The van der Waals surface area contributed by atoms with Gasteiger partial charge in [0.2, 0.25) is 5.91 Å². The van der Waals surface area contributed by atoms with Crippen molar-refractivity contribution in [2.45, 2.75) is 25.3 Å². The highest BCUT2D eigenvalue weighted by Crippen LogP contribution is 2.22. The second kappa shape index (κ2) is 7.23. The van der Waals surface area contributed by atoms with Crippen LogP contribution in [0.2, 0.25) is 10.0 Å². The molecule has 0 fully saturated rings. The highest BCUT2D eigenvalue weighted by atomic mass is 35.5. The first-order valence-corrected chi connectivity index (χ1v) is 8.32. The molecule has 3 rings (SSSR count). The Labute approximate surface area is 148 Å². The molecule has 0 aliphatic heterocycles. The predicted octanol–water partition coefficient (Wildman–Crippen LogP) is 2.12. The van der Waals surface area contributed by atoms with Crippen LogP contribution in [-0.2, 0) is 17.6 Å². The topological polar surface area (TPSA) is 86.9 Å². The van der Waals surface area contributed by atoms with Crippen molar-refractivity contribution in [2.75, 3.05) is 6.54 Å². The number of carbonyl (C=O) groups is 2. The minimum Gasteiger partial charge on any atom is -0.351 e. The van der Waals surface area contributed by atoms with Crippen LogP contribution in [0.5, 0.6) is 0 Å². The first-order valence-electron chi connectivity index (χ1n) is 7.56. The molecule has 6 nitrogen and oxygen atoms in total. The third-order valence-electron chi connectivity index (χ3n) is 3.97. The normalized spacial score (nSPS) is 16.3. The molecule has 0 saturated carbocycles. The number of nitrogens with zero attached hydrogens (tertiary/aromatic N) is 1. The molecule has 1 aromatic heterocycles. The van der Waals surface area contributed by atoms with E-state index in [-0.39, 0.29) is 24.4 Å². The van der Waals surface area contributed by atoms with Gasteiger partial charge in [-0.1, -0.05) is 23.2 Å². The molecular formula is C16H16Cl2N4O2. The van der Waals surface area contributed by atoms with Crippen LogP contribution in [0.3, 0.4) is 0 Å². The molecule has 0 spiro atoms. The Hall–Kier alpha value is -2.05. The van der Waals surface area contributed by atoms with E-state index in [2.05, 4.69) is 20.8 Å². The lowest BCUT2D eigenvalue weighted by Crippen LogP contribution is -2.44. The van der Waals surface area contributed by atoms with Crippen molar-refractivity contribution in [3.05, 3.63) is 51.3 Å². The number of amides is 2. The molecule has 1 heterocycles. The summed E-state index contributed by atoms with van der Waals surface area (Å²) in [5.74, 6) is -0.593. The van der Waals surface area contributed by atoms with E-state index in [1.807, 2.05) is 0 Å². The SMILES string of the molecule is O=C(CNC(=O)c1ccc(Cl)c(Cl)c1)NC1CCc2[nH]ncc2C1. The lowest BCUT2D eigenvalue weighted by molar-refractivity contribution is -0.120. The summed E-state index contributed by atoms with van der Waals surface area (Å²) < 4.78 is 0. The molecule has 1 aromatic carbocycles. The van der Waals surface area contributed by atoms with Crippen molar-refractivity contribution in [3.8, 4) is 0 Å². The number of aryl methyl sites for hydroxylation is 1. The lowest BCUT2D eigenvalue weighted by atomic mass is 9.93. The van der Waals surface area contributed by atoms with Gasteiger partial charge in [-0.15, -0.1) is 0 Å². The molecule has 1 atom stereocenters. The Morgan fingerprint density at radius 2 is 2.12 bits per heavy atom. The van der Waals surface area contributed by atoms with E-state index in [0.717, 1.165) is 30.5 Å². The molecule has 1 aliphatic carbocycles. The van der Waals surface area contributed by atoms with Gasteiger partial charge in [0.15, 0.2) is 0 Å². The minimum atomic E-state index is -0.371. The summed E-state index contributed by atoms with van der Waals surface area (Å²) in [6.45, 7) is -0.0895. The molecule has 0 saturated heterocycles. The smallest absolute Gasteiger partial charge is 0.251 e. The molecule has 3 N–H and O–H groups in total. The van der Waals surface area contributed by atoms with Crippen LogP contribution in [0.25, 0.3) is 0 Å². The molecule has 0 bridgehead atoms. The highest BCUT2D eigenvalue weighted by molar-refractivity contribution is 6.42. The van der Waals surface area contributed by atoms with Crippen molar-refractivity contribution in [3.63, 3.8) is 0 Å². The summed E-state index contributed by atoms with van der Waals surface area (Å²) in [5, 5.41) is 13.2. The van der Waals surface area contributed by atoms with Crippen LogP contribution in [-0.4, -0.2) is 34.6 Å². The maximum Gasteiger partial charge on any atom is 0.251 e. The second-order valence-electron chi connectivity index (χ2n) is 5.69. The van der Waals surface area contributed by atoms with Gasteiger partial charge < -0.3 is 10.6 Å². The molecule has 2 amide bonds. The number of benzene rings is 1. The summed E-state index contributed by atoms with van der Waals surface area (Å²) in [7, 11) is 0. The molecule has 8 heteroatoms. The number of aromatic nitrogens is 2. The fraction of sp³-hybridized carbons (Fsp3) is 0.312. The number of aromatic amines is 1. The maximum atomic E-state index is 12.0. The summed E-state index contributed by atoms with van der Waals surface area (Å²) in [5.41, 5.74) is 2.62. The van der Waals surface area contributed by atoms with E-state index in [1.165, 1.54) is 6.07 Å². The van der Waals surface area contributed by atoms with Gasteiger partial charge in [-0.3, -0.25) is 14.7 Å². The molecule has 2 aromatic rings. The molecule has 1 unspecified atom stereocenters. The summed E-state index contributed by atoms with van der Waals surface area (Å²) in [6, 6.07) is 4.63. The van der Waals surface area contributed by atoms with Gasteiger partial charge in [-0.25, -0.2) is 0 Å². The van der Waals surface area contributed by atoms with Gasteiger partial charge in [-0.2, -0.15) is 5.10 Å². The number of hydrogen-bond donors (Lipinski definition) is 3. The average Bonchev–Trinajstić information content (AvgIpc) is 3.03. The van der Waals surface area contributed by atoms with E-state index >= 15 is 0 Å². The van der Waals surface area contributed by atoms with Crippen molar-refractivity contribution in [1.82, 2.24) is 20.8 Å². The van der Waals surface area contributed by atoms with Gasteiger partial charge in [-0.05, 0) is 43.0 Å². The summed E-state index contributed by atoms with van der Waals surface area (Å²) in [6.07, 6.45) is 4.25. The Morgan fingerprint density at radius 1 is 1.29 bits per heavy atom. The Balaban J connectivity index is 1.49. The minimum absolute atomic E-state index is 0.0597. The Bertz CT molecular complexity index is 775. The van der Waals surface area contributed by atoms with Gasteiger partial charge in [0.25, 0.3) is 5.91 Å². The second-order valence-corrected chi connectivity index (χ2v) is 6.51.